The van der Waals surface area contributed by atoms with Crippen molar-refractivity contribution in [2.75, 3.05) is 0 Å². The molecule has 1 atom stereocenters. The first-order chi connectivity index (χ1) is 8.97. The Bertz CT molecular complexity index is 606. The third-order valence-corrected chi connectivity index (χ3v) is 3.68. The van der Waals surface area contributed by atoms with Gasteiger partial charge in [-0.05, 0) is 31.5 Å². The van der Waals surface area contributed by atoms with E-state index < -0.39 is 11.0 Å². The highest BCUT2D eigenvalue weighted by Crippen LogP contribution is 2.41. The Morgan fingerprint density at radius 2 is 2.16 bits per heavy atom. The molecule has 0 unspecified atom stereocenters. The van der Waals surface area contributed by atoms with E-state index in [1.165, 1.54) is 6.07 Å². The molecular weight excluding hydrogens is 266 g/mol. The maximum absolute atomic E-state index is 11.0. The summed E-state index contributed by atoms with van der Waals surface area (Å²) in [7, 11) is 0. The zero-order chi connectivity index (χ0) is 14.0. The number of benzene rings is 1. The van der Waals surface area contributed by atoms with Gasteiger partial charge in [-0.1, -0.05) is 23.5 Å². The quantitative estimate of drug-likeness (QED) is 0.682. The van der Waals surface area contributed by atoms with Crippen LogP contribution in [-0.2, 0) is 0 Å². The Morgan fingerprint density at radius 1 is 1.42 bits per heavy atom. The lowest BCUT2D eigenvalue weighted by atomic mass is 10.2. The fraction of sp³-hybridized carbons (Fsp3) is 0.231. The molecule has 1 N–H and O–H groups in total. The number of hydrogen-bond acceptors (Lipinski definition) is 5. The van der Waals surface area contributed by atoms with E-state index in [4.69, 9.17) is 4.74 Å². The van der Waals surface area contributed by atoms with Gasteiger partial charge < -0.3 is 9.84 Å². The molecule has 19 heavy (non-hydrogen) atoms. The van der Waals surface area contributed by atoms with E-state index in [0.717, 1.165) is 16.9 Å². The standard InChI is InChI=1S/C13H13NO4S/c1-8-4-3-5-10(6-8)18-13-11(14(16)17)7-12(19-13)9(2)15/h3-7,9,15H,1-2H3/t9-/m0/s1. The first kappa shape index (κ1) is 13.5. The lowest BCUT2D eigenvalue weighted by Crippen LogP contribution is -1.89. The van der Waals surface area contributed by atoms with Gasteiger partial charge in [-0.15, -0.1) is 0 Å². The summed E-state index contributed by atoms with van der Waals surface area (Å²) in [5.41, 5.74) is 0.884. The second-order valence-corrected chi connectivity index (χ2v) is 5.22. The van der Waals surface area contributed by atoms with Gasteiger partial charge in [0.1, 0.15) is 5.75 Å². The predicted octanol–water partition coefficient (Wildman–Crippen LogP) is 3.81. The first-order valence-electron chi connectivity index (χ1n) is 5.68. The summed E-state index contributed by atoms with van der Waals surface area (Å²) in [5, 5.41) is 20.6. The van der Waals surface area contributed by atoms with Crippen LogP contribution in [0.3, 0.4) is 0 Å². The molecule has 0 aliphatic rings. The van der Waals surface area contributed by atoms with Crippen LogP contribution in [0.4, 0.5) is 5.69 Å². The molecule has 0 saturated heterocycles. The van der Waals surface area contributed by atoms with Gasteiger partial charge in [0.2, 0.25) is 0 Å². The summed E-state index contributed by atoms with van der Waals surface area (Å²) < 4.78 is 5.55. The van der Waals surface area contributed by atoms with Crippen molar-refractivity contribution >= 4 is 17.0 Å². The summed E-state index contributed by atoms with van der Waals surface area (Å²) in [5.74, 6) is 0.544. The summed E-state index contributed by atoms with van der Waals surface area (Å²) in [4.78, 5) is 11.0. The molecule has 0 fully saturated rings. The van der Waals surface area contributed by atoms with E-state index in [1.807, 2.05) is 19.1 Å². The van der Waals surface area contributed by atoms with Crippen molar-refractivity contribution in [2.45, 2.75) is 20.0 Å². The molecule has 1 aromatic carbocycles. The largest absolute Gasteiger partial charge is 0.440 e. The molecule has 2 rings (SSSR count). The highest BCUT2D eigenvalue weighted by atomic mass is 32.1. The first-order valence-corrected chi connectivity index (χ1v) is 6.49. The fourth-order valence-electron chi connectivity index (χ4n) is 1.57. The highest BCUT2D eigenvalue weighted by molar-refractivity contribution is 7.14. The maximum Gasteiger partial charge on any atom is 0.323 e. The number of nitrogens with zero attached hydrogens (tertiary/aromatic N) is 1. The lowest BCUT2D eigenvalue weighted by molar-refractivity contribution is -0.385. The van der Waals surface area contributed by atoms with Crippen molar-refractivity contribution < 1.29 is 14.8 Å². The van der Waals surface area contributed by atoms with Crippen LogP contribution in [0.25, 0.3) is 0 Å². The number of thiophene rings is 1. The van der Waals surface area contributed by atoms with E-state index in [9.17, 15) is 15.2 Å². The van der Waals surface area contributed by atoms with Crippen LogP contribution in [0, 0.1) is 17.0 Å². The Hall–Kier alpha value is -1.92. The average Bonchev–Trinajstić information content (AvgIpc) is 2.73. The number of hydrogen-bond donors (Lipinski definition) is 1. The van der Waals surface area contributed by atoms with E-state index in [2.05, 4.69) is 0 Å². The minimum Gasteiger partial charge on any atom is -0.440 e. The van der Waals surface area contributed by atoms with Crippen LogP contribution in [0.2, 0.25) is 0 Å². The number of aryl methyl sites for hydroxylation is 1. The second kappa shape index (κ2) is 5.38. The molecule has 0 radical (unpaired) electrons. The maximum atomic E-state index is 11.0. The number of aliphatic hydroxyl groups is 1. The molecule has 1 heterocycles. The van der Waals surface area contributed by atoms with Crippen molar-refractivity contribution in [3.8, 4) is 10.8 Å². The molecule has 0 amide bonds. The van der Waals surface area contributed by atoms with E-state index in [1.54, 1.807) is 19.1 Å². The minimum absolute atomic E-state index is 0.123. The van der Waals surface area contributed by atoms with Crippen molar-refractivity contribution in [1.82, 2.24) is 0 Å². The number of nitro groups is 1. The number of ether oxygens (including phenoxy) is 1. The summed E-state index contributed by atoms with van der Waals surface area (Å²) >= 11 is 1.08. The van der Waals surface area contributed by atoms with Crippen molar-refractivity contribution in [3.63, 3.8) is 0 Å². The predicted molar refractivity (Wildman–Crippen MR) is 72.9 cm³/mol. The van der Waals surface area contributed by atoms with Crippen LogP contribution in [0.5, 0.6) is 10.8 Å². The number of aliphatic hydroxyl groups excluding tert-OH is 1. The van der Waals surface area contributed by atoms with Gasteiger partial charge in [0, 0.05) is 10.9 Å². The Kier molecular flexibility index (Phi) is 3.82. The molecule has 0 bridgehead atoms. The van der Waals surface area contributed by atoms with Crippen molar-refractivity contribution in [3.05, 3.63) is 50.9 Å². The van der Waals surface area contributed by atoms with Crippen molar-refractivity contribution in [1.29, 1.82) is 0 Å². The summed E-state index contributed by atoms with van der Waals surface area (Å²) in [6.07, 6.45) is -0.751. The smallest absolute Gasteiger partial charge is 0.323 e. The minimum atomic E-state index is -0.751. The molecule has 0 spiro atoms. The van der Waals surface area contributed by atoms with Crippen LogP contribution in [-0.4, -0.2) is 10.0 Å². The van der Waals surface area contributed by atoms with Gasteiger partial charge in [-0.3, -0.25) is 10.1 Å². The third kappa shape index (κ3) is 3.10. The highest BCUT2D eigenvalue weighted by Gasteiger charge is 2.23. The Balaban J connectivity index is 2.36. The normalized spacial score (nSPS) is 12.2. The second-order valence-electron chi connectivity index (χ2n) is 4.17. The summed E-state index contributed by atoms with van der Waals surface area (Å²) in [6, 6.07) is 8.61. The van der Waals surface area contributed by atoms with Gasteiger partial charge >= 0.3 is 5.69 Å². The van der Waals surface area contributed by atoms with E-state index in [0.29, 0.717) is 10.6 Å². The third-order valence-electron chi connectivity index (χ3n) is 2.51. The van der Waals surface area contributed by atoms with Crippen LogP contribution in [0.15, 0.2) is 30.3 Å². The lowest BCUT2D eigenvalue weighted by Gasteiger charge is -2.03. The van der Waals surface area contributed by atoms with Gasteiger partial charge in [0.15, 0.2) is 0 Å². The Morgan fingerprint density at radius 3 is 2.74 bits per heavy atom. The molecule has 0 saturated carbocycles. The molecule has 5 nitrogen and oxygen atoms in total. The number of rotatable bonds is 4. The van der Waals surface area contributed by atoms with Gasteiger partial charge in [0.05, 0.1) is 11.0 Å². The monoisotopic (exact) mass is 279 g/mol. The van der Waals surface area contributed by atoms with Gasteiger partial charge in [-0.2, -0.15) is 0 Å². The molecule has 0 aliphatic carbocycles. The molecular formula is C13H13NO4S. The molecule has 100 valence electrons. The zero-order valence-electron chi connectivity index (χ0n) is 10.5. The van der Waals surface area contributed by atoms with Crippen molar-refractivity contribution in [2.24, 2.45) is 0 Å². The van der Waals surface area contributed by atoms with Gasteiger partial charge in [0.25, 0.3) is 5.06 Å². The van der Waals surface area contributed by atoms with E-state index >= 15 is 0 Å². The molecule has 2 aromatic rings. The summed E-state index contributed by atoms with van der Waals surface area (Å²) in [6.45, 7) is 3.48. The molecule has 0 aliphatic heterocycles. The topological polar surface area (TPSA) is 72.6 Å². The molecule has 1 aromatic heterocycles. The SMILES string of the molecule is Cc1cccc(Oc2sc([C@H](C)O)cc2[N+](=O)[O-])c1. The zero-order valence-corrected chi connectivity index (χ0v) is 11.3. The van der Waals surface area contributed by atoms with Crippen LogP contribution < -0.4 is 4.74 Å². The van der Waals surface area contributed by atoms with Crippen LogP contribution >= 0.6 is 11.3 Å². The average molecular weight is 279 g/mol. The molecule has 6 heteroatoms. The fourth-order valence-corrected chi connectivity index (χ4v) is 2.51. The van der Waals surface area contributed by atoms with E-state index in [-0.39, 0.29) is 10.8 Å². The van der Waals surface area contributed by atoms with Crippen LogP contribution in [0.1, 0.15) is 23.5 Å². The Labute approximate surface area is 114 Å². The van der Waals surface area contributed by atoms with Gasteiger partial charge in [-0.25, -0.2) is 0 Å².